The molecule has 0 aliphatic heterocycles. The van der Waals surface area contributed by atoms with Gasteiger partial charge in [0, 0.05) is 0 Å². The van der Waals surface area contributed by atoms with Crippen molar-refractivity contribution in [3.63, 3.8) is 0 Å². The molecular weight excluding hydrogens is 300 g/mol. The number of benzene rings is 3. The minimum Gasteiger partial charge on any atom is -0.0654 e. The lowest BCUT2D eigenvalue weighted by atomic mass is 9.92. The van der Waals surface area contributed by atoms with Gasteiger partial charge in [-0.15, -0.1) is 0 Å². The second-order valence-corrected chi connectivity index (χ2v) is 6.59. The van der Waals surface area contributed by atoms with E-state index in [1.54, 1.807) is 0 Å². The van der Waals surface area contributed by atoms with Crippen molar-refractivity contribution >= 4 is 12.2 Å². The van der Waals surface area contributed by atoms with Gasteiger partial charge in [-0.1, -0.05) is 104 Å². The summed E-state index contributed by atoms with van der Waals surface area (Å²) in [6, 6.07) is 26.2. The average molecular weight is 326 g/mol. The van der Waals surface area contributed by atoms with Gasteiger partial charge in [-0.2, -0.15) is 0 Å². The van der Waals surface area contributed by atoms with Gasteiger partial charge in [-0.25, -0.2) is 0 Å². The molecular formula is C25H26. The molecule has 25 heavy (non-hydrogen) atoms. The molecule has 0 heterocycles. The molecule has 0 bridgehead atoms. The molecule has 126 valence electrons. The Labute approximate surface area is 151 Å². The topological polar surface area (TPSA) is 0 Å². The van der Waals surface area contributed by atoms with Crippen LogP contribution >= 0.6 is 0 Å². The molecule has 0 radical (unpaired) electrons. The maximum atomic E-state index is 2.27. The highest BCUT2D eigenvalue weighted by atomic mass is 14.1. The van der Waals surface area contributed by atoms with Gasteiger partial charge in [-0.05, 0) is 47.6 Å². The van der Waals surface area contributed by atoms with Gasteiger partial charge in [-0.3, -0.25) is 0 Å². The van der Waals surface area contributed by atoms with E-state index < -0.39 is 0 Å². The van der Waals surface area contributed by atoms with E-state index in [1.165, 1.54) is 46.2 Å². The highest BCUT2D eigenvalue weighted by Gasteiger charge is 2.07. The van der Waals surface area contributed by atoms with Gasteiger partial charge in [0.05, 0.1) is 0 Å². The summed E-state index contributed by atoms with van der Waals surface area (Å²) in [6.07, 6.45) is 8.04. The van der Waals surface area contributed by atoms with Crippen LogP contribution in [0.1, 0.15) is 42.0 Å². The number of hydrogen-bond donors (Lipinski definition) is 0. The van der Waals surface area contributed by atoms with E-state index in [-0.39, 0.29) is 0 Å². The monoisotopic (exact) mass is 326 g/mol. The predicted octanol–water partition coefficient (Wildman–Crippen LogP) is 7.18. The van der Waals surface area contributed by atoms with Gasteiger partial charge >= 0.3 is 0 Å². The standard InChI is InChI=1S/C25H26/c1-3-4-9-22-10-5-7-12-24(22)25-13-8-6-11-23(25)19-18-21-16-14-20(2)15-17-21/h5-8,10-19H,3-4,9H2,1-2H3. The van der Waals surface area contributed by atoms with Crippen LogP contribution in [0.25, 0.3) is 23.3 Å². The number of rotatable bonds is 6. The van der Waals surface area contributed by atoms with E-state index >= 15 is 0 Å². The highest BCUT2D eigenvalue weighted by molar-refractivity contribution is 5.82. The predicted molar refractivity (Wildman–Crippen MR) is 111 cm³/mol. The Hall–Kier alpha value is -2.60. The number of hydrogen-bond acceptors (Lipinski definition) is 0. The van der Waals surface area contributed by atoms with Crippen LogP contribution in [0.5, 0.6) is 0 Å². The summed E-state index contributed by atoms with van der Waals surface area (Å²) in [6.45, 7) is 4.37. The first-order valence-electron chi connectivity index (χ1n) is 9.20. The van der Waals surface area contributed by atoms with Crippen LogP contribution in [-0.2, 0) is 6.42 Å². The molecule has 0 amide bonds. The second-order valence-electron chi connectivity index (χ2n) is 6.59. The molecule has 0 N–H and O–H groups in total. The maximum Gasteiger partial charge on any atom is -0.0109 e. The quantitative estimate of drug-likeness (QED) is 0.421. The molecule has 0 saturated heterocycles. The first-order chi connectivity index (χ1) is 12.3. The van der Waals surface area contributed by atoms with Crippen molar-refractivity contribution in [2.24, 2.45) is 0 Å². The molecule has 0 spiro atoms. The first kappa shape index (κ1) is 17.2. The molecule has 3 rings (SSSR count). The zero-order chi connectivity index (χ0) is 17.5. The largest absolute Gasteiger partial charge is 0.0654 e. The lowest BCUT2D eigenvalue weighted by molar-refractivity contribution is 0.796. The molecule has 0 unspecified atom stereocenters. The van der Waals surface area contributed by atoms with Crippen LogP contribution in [-0.4, -0.2) is 0 Å². The molecule has 0 nitrogen and oxygen atoms in total. The maximum absolute atomic E-state index is 2.27. The summed E-state index contributed by atoms with van der Waals surface area (Å²) < 4.78 is 0. The Balaban J connectivity index is 1.95. The van der Waals surface area contributed by atoms with Crippen molar-refractivity contribution in [3.05, 3.63) is 95.1 Å². The SMILES string of the molecule is CCCCc1ccccc1-c1ccccc1C=Cc1ccc(C)cc1. The molecule has 3 aromatic rings. The van der Waals surface area contributed by atoms with Crippen molar-refractivity contribution in [1.82, 2.24) is 0 Å². The van der Waals surface area contributed by atoms with Crippen molar-refractivity contribution in [3.8, 4) is 11.1 Å². The zero-order valence-corrected chi connectivity index (χ0v) is 15.2. The minimum absolute atomic E-state index is 1.14. The third kappa shape index (κ3) is 4.48. The van der Waals surface area contributed by atoms with Gasteiger partial charge < -0.3 is 0 Å². The molecule has 0 saturated carbocycles. The summed E-state index contributed by atoms with van der Waals surface area (Å²) in [5.74, 6) is 0. The van der Waals surface area contributed by atoms with Crippen molar-refractivity contribution in [2.75, 3.05) is 0 Å². The average Bonchev–Trinajstić information content (AvgIpc) is 2.66. The third-order valence-electron chi connectivity index (χ3n) is 4.60. The van der Waals surface area contributed by atoms with Crippen molar-refractivity contribution < 1.29 is 0 Å². The molecule has 0 aliphatic rings. The summed E-state index contributed by atoms with van der Waals surface area (Å²) in [5.41, 5.74) is 7.92. The van der Waals surface area contributed by atoms with Crippen LogP contribution in [0.4, 0.5) is 0 Å². The van der Waals surface area contributed by atoms with E-state index in [9.17, 15) is 0 Å². The van der Waals surface area contributed by atoms with Crippen LogP contribution in [0.15, 0.2) is 72.8 Å². The summed E-state index contributed by atoms with van der Waals surface area (Å²) in [4.78, 5) is 0. The smallest absolute Gasteiger partial charge is 0.0109 e. The third-order valence-corrected chi connectivity index (χ3v) is 4.60. The van der Waals surface area contributed by atoms with E-state index in [0.29, 0.717) is 0 Å². The normalized spacial score (nSPS) is 11.1. The lowest BCUT2D eigenvalue weighted by Gasteiger charge is -2.12. The first-order valence-corrected chi connectivity index (χ1v) is 9.20. The van der Waals surface area contributed by atoms with Crippen LogP contribution in [0.2, 0.25) is 0 Å². The van der Waals surface area contributed by atoms with Crippen LogP contribution in [0.3, 0.4) is 0 Å². The molecule has 0 fully saturated rings. The van der Waals surface area contributed by atoms with Gasteiger partial charge in [0.1, 0.15) is 0 Å². The molecule has 0 aliphatic carbocycles. The zero-order valence-electron chi connectivity index (χ0n) is 15.2. The Morgan fingerprint density at radius 1 is 0.720 bits per heavy atom. The Morgan fingerprint density at radius 2 is 1.40 bits per heavy atom. The van der Waals surface area contributed by atoms with Crippen molar-refractivity contribution in [1.29, 1.82) is 0 Å². The van der Waals surface area contributed by atoms with Crippen LogP contribution in [0, 0.1) is 6.92 Å². The summed E-state index contributed by atoms with van der Waals surface area (Å²) >= 11 is 0. The fraction of sp³-hybridized carbons (Fsp3) is 0.200. The lowest BCUT2D eigenvalue weighted by Crippen LogP contribution is -1.92. The fourth-order valence-electron chi connectivity index (χ4n) is 3.12. The highest BCUT2D eigenvalue weighted by Crippen LogP contribution is 2.29. The van der Waals surface area contributed by atoms with E-state index in [1.807, 2.05) is 0 Å². The summed E-state index contributed by atoms with van der Waals surface area (Å²) in [5, 5.41) is 0. The Bertz CT molecular complexity index is 838. The van der Waals surface area contributed by atoms with Crippen LogP contribution < -0.4 is 0 Å². The van der Waals surface area contributed by atoms with Gasteiger partial charge in [0.15, 0.2) is 0 Å². The molecule has 0 aromatic heterocycles. The minimum atomic E-state index is 1.14. The molecule has 0 atom stereocenters. The van der Waals surface area contributed by atoms with Gasteiger partial charge in [0.25, 0.3) is 0 Å². The Morgan fingerprint density at radius 3 is 2.16 bits per heavy atom. The van der Waals surface area contributed by atoms with Gasteiger partial charge in [0.2, 0.25) is 0 Å². The second kappa shape index (κ2) is 8.48. The number of unbranched alkanes of at least 4 members (excludes halogenated alkanes) is 1. The molecule has 3 aromatic carbocycles. The summed E-state index contributed by atoms with van der Waals surface area (Å²) in [7, 11) is 0. The molecule has 0 heteroatoms. The Kier molecular flexibility index (Phi) is 5.85. The number of aryl methyl sites for hydroxylation is 2. The van der Waals surface area contributed by atoms with E-state index in [2.05, 4.69) is 98.8 Å². The fourth-order valence-corrected chi connectivity index (χ4v) is 3.12. The van der Waals surface area contributed by atoms with E-state index in [0.717, 1.165) is 6.42 Å². The van der Waals surface area contributed by atoms with E-state index in [4.69, 9.17) is 0 Å². The van der Waals surface area contributed by atoms with Crippen molar-refractivity contribution in [2.45, 2.75) is 33.1 Å².